The molecule has 1 aliphatic rings. The zero-order valence-electron chi connectivity index (χ0n) is 12.7. The van der Waals surface area contributed by atoms with Crippen LogP contribution in [0.3, 0.4) is 0 Å². The van der Waals surface area contributed by atoms with Crippen LogP contribution < -0.4 is 10.6 Å². The van der Waals surface area contributed by atoms with E-state index >= 15 is 0 Å². The fourth-order valence-corrected chi connectivity index (χ4v) is 3.28. The molecule has 0 radical (unpaired) electrons. The van der Waals surface area contributed by atoms with Crippen LogP contribution >= 0.6 is 12.2 Å². The molecular formula is C16H25N3S. The number of rotatable bonds is 4. The summed E-state index contributed by atoms with van der Waals surface area (Å²) in [6, 6.07) is 4.52. The summed E-state index contributed by atoms with van der Waals surface area (Å²) >= 11 is 5.16. The Morgan fingerprint density at radius 2 is 2.00 bits per heavy atom. The fourth-order valence-electron chi connectivity index (χ4n) is 3.12. The Labute approximate surface area is 127 Å². The first-order valence-electron chi connectivity index (χ1n) is 7.53. The van der Waals surface area contributed by atoms with Gasteiger partial charge in [-0.2, -0.15) is 0 Å². The van der Waals surface area contributed by atoms with E-state index in [1.54, 1.807) is 0 Å². The molecule has 0 aliphatic heterocycles. The number of nitrogens with two attached hydrogens (primary N) is 1. The molecule has 110 valence electrons. The van der Waals surface area contributed by atoms with Gasteiger partial charge in [-0.05, 0) is 50.7 Å². The lowest BCUT2D eigenvalue weighted by atomic mass is 9.84. The second-order valence-corrected chi connectivity index (χ2v) is 6.32. The minimum Gasteiger partial charge on any atom is -0.389 e. The maximum absolute atomic E-state index is 5.84. The monoisotopic (exact) mass is 291 g/mol. The summed E-state index contributed by atoms with van der Waals surface area (Å²) in [6.45, 7) is 4.30. The van der Waals surface area contributed by atoms with Crippen molar-refractivity contribution < 1.29 is 0 Å². The predicted molar refractivity (Wildman–Crippen MR) is 89.3 cm³/mol. The molecule has 0 amide bonds. The highest BCUT2D eigenvalue weighted by Gasteiger charge is 2.25. The summed E-state index contributed by atoms with van der Waals surface area (Å²) in [5.74, 6) is 1.85. The van der Waals surface area contributed by atoms with Gasteiger partial charge in [0.15, 0.2) is 0 Å². The van der Waals surface area contributed by atoms with Crippen LogP contribution in [0.2, 0.25) is 0 Å². The second kappa shape index (κ2) is 6.53. The highest BCUT2D eigenvalue weighted by Crippen LogP contribution is 2.31. The topological polar surface area (TPSA) is 42.2 Å². The first-order chi connectivity index (χ1) is 9.52. The molecule has 2 rings (SSSR count). The van der Waals surface area contributed by atoms with Crippen molar-refractivity contribution >= 4 is 23.0 Å². The Balaban J connectivity index is 2.18. The smallest absolute Gasteiger partial charge is 0.139 e. The molecule has 2 N–H and O–H groups in total. The molecule has 1 aromatic heterocycles. The van der Waals surface area contributed by atoms with Crippen molar-refractivity contribution in [3.8, 4) is 0 Å². The minimum atomic E-state index is 0.432. The SMILES string of the molecule is CCC1CCC(N(C)c2nc(C)ccc2C(N)=S)CC1. The number of anilines is 1. The van der Waals surface area contributed by atoms with Gasteiger partial charge in [-0.15, -0.1) is 0 Å². The third-order valence-electron chi connectivity index (χ3n) is 4.56. The maximum Gasteiger partial charge on any atom is 0.139 e. The van der Waals surface area contributed by atoms with Crippen molar-refractivity contribution in [3.63, 3.8) is 0 Å². The van der Waals surface area contributed by atoms with Gasteiger partial charge in [-0.3, -0.25) is 0 Å². The summed E-state index contributed by atoms with van der Waals surface area (Å²) in [7, 11) is 2.13. The highest BCUT2D eigenvalue weighted by molar-refractivity contribution is 7.80. The Hall–Kier alpha value is -1.16. The lowest BCUT2D eigenvalue weighted by Gasteiger charge is -2.36. The van der Waals surface area contributed by atoms with Gasteiger partial charge in [0, 0.05) is 18.8 Å². The van der Waals surface area contributed by atoms with Crippen molar-refractivity contribution in [2.24, 2.45) is 11.7 Å². The second-order valence-electron chi connectivity index (χ2n) is 5.88. The Kier molecular flexibility index (Phi) is 4.97. The summed E-state index contributed by atoms with van der Waals surface area (Å²) in [5.41, 5.74) is 7.74. The van der Waals surface area contributed by atoms with Crippen LogP contribution in [-0.4, -0.2) is 23.1 Å². The lowest BCUT2D eigenvalue weighted by Crippen LogP contribution is -2.37. The molecule has 0 unspecified atom stereocenters. The van der Waals surface area contributed by atoms with Crippen molar-refractivity contribution in [1.82, 2.24) is 4.98 Å². The number of aromatic nitrogens is 1. The molecule has 1 heterocycles. The van der Waals surface area contributed by atoms with Gasteiger partial charge < -0.3 is 10.6 Å². The van der Waals surface area contributed by atoms with E-state index in [-0.39, 0.29) is 0 Å². The largest absolute Gasteiger partial charge is 0.389 e. The Bertz CT molecular complexity index is 479. The molecular weight excluding hydrogens is 266 g/mol. The number of hydrogen-bond donors (Lipinski definition) is 1. The highest BCUT2D eigenvalue weighted by atomic mass is 32.1. The fraction of sp³-hybridized carbons (Fsp3) is 0.625. The van der Waals surface area contributed by atoms with Crippen molar-refractivity contribution in [3.05, 3.63) is 23.4 Å². The first-order valence-corrected chi connectivity index (χ1v) is 7.94. The number of hydrogen-bond acceptors (Lipinski definition) is 3. The van der Waals surface area contributed by atoms with E-state index in [1.165, 1.54) is 32.1 Å². The quantitative estimate of drug-likeness (QED) is 0.863. The molecule has 1 aliphatic carbocycles. The third kappa shape index (κ3) is 3.29. The maximum atomic E-state index is 5.84. The van der Waals surface area contributed by atoms with Gasteiger partial charge in [0.25, 0.3) is 0 Å². The van der Waals surface area contributed by atoms with E-state index in [0.717, 1.165) is 23.0 Å². The van der Waals surface area contributed by atoms with Crippen LogP contribution in [0.15, 0.2) is 12.1 Å². The van der Waals surface area contributed by atoms with Crippen LogP contribution in [0.1, 0.15) is 50.3 Å². The molecule has 4 heteroatoms. The standard InChI is InChI=1S/C16H25N3S/c1-4-12-6-8-13(9-7-12)19(3)16-14(15(17)20)10-5-11(2)18-16/h5,10,12-13H,4,6-9H2,1-3H3,(H2,17,20). The van der Waals surface area contributed by atoms with E-state index < -0.39 is 0 Å². The third-order valence-corrected chi connectivity index (χ3v) is 4.78. The number of nitrogens with zero attached hydrogens (tertiary/aromatic N) is 2. The number of thiocarbonyl (C=S) groups is 1. The molecule has 1 fully saturated rings. The summed E-state index contributed by atoms with van der Waals surface area (Å²) in [4.78, 5) is 7.38. The average Bonchev–Trinajstić information content (AvgIpc) is 2.46. The molecule has 0 aromatic carbocycles. The minimum absolute atomic E-state index is 0.432. The van der Waals surface area contributed by atoms with Crippen LogP contribution in [-0.2, 0) is 0 Å². The van der Waals surface area contributed by atoms with Gasteiger partial charge >= 0.3 is 0 Å². The van der Waals surface area contributed by atoms with Gasteiger partial charge in [0.1, 0.15) is 10.8 Å². The average molecular weight is 291 g/mol. The van der Waals surface area contributed by atoms with Gasteiger partial charge in [0.2, 0.25) is 0 Å². The van der Waals surface area contributed by atoms with Gasteiger partial charge in [0.05, 0.1) is 5.56 Å². The molecule has 0 bridgehead atoms. The van der Waals surface area contributed by atoms with E-state index in [1.807, 2.05) is 19.1 Å². The Morgan fingerprint density at radius 1 is 1.35 bits per heavy atom. The lowest BCUT2D eigenvalue weighted by molar-refractivity contribution is 0.313. The van der Waals surface area contributed by atoms with E-state index in [0.29, 0.717) is 11.0 Å². The normalized spacial score (nSPS) is 22.6. The van der Waals surface area contributed by atoms with Crippen LogP contribution in [0.5, 0.6) is 0 Å². The van der Waals surface area contributed by atoms with Crippen LogP contribution in [0, 0.1) is 12.8 Å². The molecule has 0 saturated heterocycles. The molecule has 1 saturated carbocycles. The van der Waals surface area contributed by atoms with Gasteiger partial charge in [-0.25, -0.2) is 4.98 Å². The number of aryl methyl sites for hydroxylation is 1. The summed E-state index contributed by atoms with van der Waals surface area (Å²) < 4.78 is 0. The Morgan fingerprint density at radius 3 is 2.55 bits per heavy atom. The van der Waals surface area contributed by atoms with E-state index in [4.69, 9.17) is 18.0 Å². The number of pyridine rings is 1. The van der Waals surface area contributed by atoms with E-state index in [9.17, 15) is 0 Å². The van der Waals surface area contributed by atoms with Crippen LogP contribution in [0.25, 0.3) is 0 Å². The van der Waals surface area contributed by atoms with Crippen molar-refractivity contribution in [2.45, 2.75) is 52.0 Å². The summed E-state index contributed by atoms with van der Waals surface area (Å²) in [5, 5.41) is 0. The molecule has 3 nitrogen and oxygen atoms in total. The van der Waals surface area contributed by atoms with Crippen molar-refractivity contribution in [2.75, 3.05) is 11.9 Å². The zero-order valence-corrected chi connectivity index (χ0v) is 13.5. The van der Waals surface area contributed by atoms with Crippen LogP contribution in [0.4, 0.5) is 5.82 Å². The zero-order chi connectivity index (χ0) is 14.7. The summed E-state index contributed by atoms with van der Waals surface area (Å²) in [6.07, 6.45) is 6.42. The molecule has 1 aromatic rings. The molecule has 0 spiro atoms. The predicted octanol–water partition coefficient (Wildman–Crippen LogP) is 3.43. The van der Waals surface area contributed by atoms with Gasteiger partial charge in [-0.1, -0.05) is 25.6 Å². The molecule has 0 atom stereocenters. The first kappa shape index (κ1) is 15.2. The van der Waals surface area contributed by atoms with Crippen molar-refractivity contribution in [1.29, 1.82) is 0 Å². The van der Waals surface area contributed by atoms with E-state index in [2.05, 4.69) is 23.9 Å². The molecule has 20 heavy (non-hydrogen) atoms.